The predicted molar refractivity (Wildman–Crippen MR) is 92.5 cm³/mol. The van der Waals surface area contributed by atoms with Crippen LogP contribution in [-0.4, -0.2) is 18.0 Å². The van der Waals surface area contributed by atoms with Crippen LogP contribution in [-0.2, 0) is 0 Å². The van der Waals surface area contributed by atoms with Gasteiger partial charge in [-0.3, -0.25) is 0 Å². The number of carbonyl (C=O) groups excluding carboxylic acids is 1. The lowest BCUT2D eigenvalue weighted by Crippen LogP contribution is -2.40. The maximum atomic E-state index is 12.5. The molecular weight excluding hydrogens is 288 g/mol. The third-order valence-electron chi connectivity index (χ3n) is 4.35. The molecule has 1 aromatic heterocycles. The van der Waals surface area contributed by atoms with Crippen molar-refractivity contribution >= 4 is 6.03 Å². The SMILES string of the molecule is Cc1ccc(C(C)N(C)C(=O)NC(C)c2cc(C)oc2C)cc1. The average molecular weight is 314 g/mol. The Morgan fingerprint density at radius 3 is 2.26 bits per heavy atom. The Kier molecular flexibility index (Phi) is 5.14. The Balaban J connectivity index is 2.04. The van der Waals surface area contributed by atoms with E-state index in [1.165, 1.54) is 5.56 Å². The summed E-state index contributed by atoms with van der Waals surface area (Å²) in [4.78, 5) is 14.2. The second-order valence-corrected chi connectivity index (χ2v) is 6.24. The fourth-order valence-electron chi connectivity index (χ4n) is 2.69. The van der Waals surface area contributed by atoms with Crippen molar-refractivity contribution in [2.75, 3.05) is 7.05 Å². The topological polar surface area (TPSA) is 45.5 Å². The molecule has 2 atom stereocenters. The van der Waals surface area contributed by atoms with Crippen molar-refractivity contribution in [3.05, 3.63) is 58.5 Å². The van der Waals surface area contributed by atoms with E-state index in [0.29, 0.717) is 0 Å². The first-order valence-electron chi connectivity index (χ1n) is 7.96. The van der Waals surface area contributed by atoms with E-state index < -0.39 is 0 Å². The smallest absolute Gasteiger partial charge is 0.318 e. The van der Waals surface area contributed by atoms with Crippen molar-refractivity contribution < 1.29 is 9.21 Å². The van der Waals surface area contributed by atoms with Gasteiger partial charge in [-0.05, 0) is 46.2 Å². The van der Waals surface area contributed by atoms with Gasteiger partial charge in [0.15, 0.2) is 0 Å². The lowest BCUT2D eigenvalue weighted by atomic mass is 10.1. The minimum Gasteiger partial charge on any atom is -0.466 e. The van der Waals surface area contributed by atoms with Crippen LogP contribution in [0.25, 0.3) is 0 Å². The number of amides is 2. The van der Waals surface area contributed by atoms with E-state index in [9.17, 15) is 4.79 Å². The Morgan fingerprint density at radius 2 is 1.74 bits per heavy atom. The monoisotopic (exact) mass is 314 g/mol. The third-order valence-corrected chi connectivity index (χ3v) is 4.35. The van der Waals surface area contributed by atoms with Gasteiger partial charge >= 0.3 is 6.03 Å². The molecule has 2 rings (SSSR count). The normalized spacial score (nSPS) is 13.5. The van der Waals surface area contributed by atoms with Gasteiger partial charge in [0.2, 0.25) is 0 Å². The first kappa shape index (κ1) is 17.1. The summed E-state index contributed by atoms with van der Waals surface area (Å²) in [6.45, 7) is 9.89. The lowest BCUT2D eigenvalue weighted by Gasteiger charge is -2.27. The van der Waals surface area contributed by atoms with Crippen LogP contribution in [0.1, 0.15) is 54.1 Å². The summed E-state index contributed by atoms with van der Waals surface area (Å²) in [6.07, 6.45) is 0. The van der Waals surface area contributed by atoms with E-state index >= 15 is 0 Å². The first-order valence-corrected chi connectivity index (χ1v) is 7.96. The summed E-state index contributed by atoms with van der Waals surface area (Å²) < 4.78 is 5.54. The van der Waals surface area contributed by atoms with E-state index in [1.54, 1.807) is 4.90 Å². The van der Waals surface area contributed by atoms with Crippen molar-refractivity contribution in [2.45, 2.75) is 46.7 Å². The molecule has 0 spiro atoms. The molecule has 0 aliphatic heterocycles. The van der Waals surface area contributed by atoms with Crippen LogP contribution >= 0.6 is 0 Å². The number of nitrogens with zero attached hydrogens (tertiary/aromatic N) is 1. The number of urea groups is 1. The molecule has 124 valence electrons. The number of nitrogens with one attached hydrogen (secondary N) is 1. The van der Waals surface area contributed by atoms with Crippen LogP contribution in [0.4, 0.5) is 4.79 Å². The van der Waals surface area contributed by atoms with Crippen LogP contribution < -0.4 is 5.32 Å². The van der Waals surface area contributed by atoms with E-state index in [4.69, 9.17) is 4.42 Å². The average Bonchev–Trinajstić information content (AvgIpc) is 2.85. The molecule has 4 nitrogen and oxygen atoms in total. The highest BCUT2D eigenvalue weighted by Crippen LogP contribution is 2.23. The standard InChI is InChI=1S/C19H26N2O2/c1-12-7-9-17(10-8-12)15(4)21(6)19(22)20-14(3)18-11-13(2)23-16(18)5/h7-11,14-15H,1-6H3,(H,20,22). The molecular formula is C19H26N2O2. The zero-order valence-corrected chi connectivity index (χ0v) is 14.8. The first-order chi connectivity index (χ1) is 10.8. The van der Waals surface area contributed by atoms with Crippen LogP contribution in [0.15, 0.2) is 34.7 Å². The molecule has 0 bridgehead atoms. The Bertz CT molecular complexity index is 673. The van der Waals surface area contributed by atoms with Crippen LogP contribution in [0.3, 0.4) is 0 Å². The largest absolute Gasteiger partial charge is 0.466 e. The minimum absolute atomic E-state index is 0.00924. The van der Waals surface area contributed by atoms with Crippen LogP contribution in [0.2, 0.25) is 0 Å². The highest BCUT2D eigenvalue weighted by molar-refractivity contribution is 5.75. The number of furan rings is 1. The van der Waals surface area contributed by atoms with E-state index in [0.717, 1.165) is 22.6 Å². The number of benzene rings is 1. The molecule has 4 heteroatoms. The summed E-state index contributed by atoms with van der Waals surface area (Å²) in [7, 11) is 1.82. The number of carbonyl (C=O) groups is 1. The molecule has 1 heterocycles. The summed E-state index contributed by atoms with van der Waals surface area (Å²) in [5, 5.41) is 3.04. The Morgan fingerprint density at radius 1 is 1.13 bits per heavy atom. The summed E-state index contributed by atoms with van der Waals surface area (Å²) in [5.74, 6) is 1.71. The van der Waals surface area contributed by atoms with Gasteiger partial charge in [0.25, 0.3) is 0 Å². The second kappa shape index (κ2) is 6.90. The van der Waals surface area contributed by atoms with Gasteiger partial charge in [0.05, 0.1) is 12.1 Å². The zero-order chi connectivity index (χ0) is 17.1. The maximum Gasteiger partial charge on any atom is 0.318 e. The molecule has 0 saturated heterocycles. The van der Waals surface area contributed by atoms with E-state index in [-0.39, 0.29) is 18.1 Å². The zero-order valence-electron chi connectivity index (χ0n) is 14.8. The van der Waals surface area contributed by atoms with Gasteiger partial charge < -0.3 is 14.6 Å². The number of hydrogen-bond acceptors (Lipinski definition) is 2. The summed E-state index contributed by atoms with van der Waals surface area (Å²) in [6, 6.07) is 10.1. The molecule has 0 aliphatic carbocycles. The summed E-state index contributed by atoms with van der Waals surface area (Å²) >= 11 is 0. The van der Waals surface area contributed by atoms with Gasteiger partial charge in [0.1, 0.15) is 11.5 Å². The van der Waals surface area contributed by atoms with Crippen molar-refractivity contribution in [1.29, 1.82) is 0 Å². The van der Waals surface area contributed by atoms with Crippen molar-refractivity contribution in [3.8, 4) is 0 Å². The summed E-state index contributed by atoms with van der Waals surface area (Å²) in [5.41, 5.74) is 3.36. The van der Waals surface area contributed by atoms with Gasteiger partial charge in [-0.15, -0.1) is 0 Å². The van der Waals surface area contributed by atoms with Crippen molar-refractivity contribution in [3.63, 3.8) is 0 Å². The fourth-order valence-corrected chi connectivity index (χ4v) is 2.69. The molecule has 0 saturated carbocycles. The number of hydrogen-bond donors (Lipinski definition) is 1. The quantitative estimate of drug-likeness (QED) is 0.891. The molecule has 0 aliphatic rings. The van der Waals surface area contributed by atoms with Crippen LogP contribution in [0, 0.1) is 20.8 Å². The maximum absolute atomic E-state index is 12.5. The van der Waals surface area contributed by atoms with Gasteiger partial charge in [-0.2, -0.15) is 0 Å². The molecule has 2 aromatic rings. The Hall–Kier alpha value is -2.23. The van der Waals surface area contributed by atoms with Gasteiger partial charge in [-0.25, -0.2) is 4.79 Å². The molecule has 23 heavy (non-hydrogen) atoms. The fraction of sp³-hybridized carbons (Fsp3) is 0.421. The lowest BCUT2D eigenvalue weighted by molar-refractivity contribution is 0.191. The van der Waals surface area contributed by atoms with E-state index in [2.05, 4.69) is 36.5 Å². The van der Waals surface area contributed by atoms with Crippen LogP contribution in [0.5, 0.6) is 0 Å². The molecule has 1 N–H and O–H groups in total. The molecule has 0 radical (unpaired) electrons. The predicted octanol–water partition coefficient (Wildman–Crippen LogP) is 4.67. The van der Waals surface area contributed by atoms with E-state index in [1.807, 2.05) is 40.8 Å². The number of aryl methyl sites for hydroxylation is 3. The minimum atomic E-state index is -0.0937. The Labute approximate surface area is 138 Å². The molecule has 1 aromatic carbocycles. The van der Waals surface area contributed by atoms with Crippen molar-refractivity contribution in [2.24, 2.45) is 0 Å². The van der Waals surface area contributed by atoms with Gasteiger partial charge in [0, 0.05) is 12.6 Å². The van der Waals surface area contributed by atoms with Crippen molar-refractivity contribution in [1.82, 2.24) is 10.2 Å². The molecule has 2 unspecified atom stereocenters. The third kappa shape index (κ3) is 3.95. The molecule has 0 fully saturated rings. The number of rotatable bonds is 4. The molecule has 2 amide bonds. The highest BCUT2D eigenvalue weighted by Gasteiger charge is 2.21. The second-order valence-electron chi connectivity index (χ2n) is 6.24. The highest BCUT2D eigenvalue weighted by atomic mass is 16.3. The van der Waals surface area contributed by atoms with Gasteiger partial charge in [-0.1, -0.05) is 29.8 Å².